The molecule has 2 N–H and O–H groups in total. The van der Waals surface area contributed by atoms with Gasteiger partial charge in [-0.1, -0.05) is 22.0 Å². The molecule has 0 fully saturated rings. The van der Waals surface area contributed by atoms with E-state index in [1.807, 2.05) is 0 Å². The number of nitrogens with two attached hydrogens (primary N) is 1. The van der Waals surface area contributed by atoms with Gasteiger partial charge in [-0.25, -0.2) is 10.3 Å². The maximum absolute atomic E-state index is 12.9. The standard InChI is InChI=1S/C7H7BrFNO/c8-6-2-1-5(4-11-10)7(9)3-6/h1-3H,4,10H2. The molecule has 4 heteroatoms. The van der Waals surface area contributed by atoms with Gasteiger partial charge in [0.05, 0.1) is 6.61 Å². The Morgan fingerprint density at radius 2 is 2.27 bits per heavy atom. The van der Waals surface area contributed by atoms with E-state index < -0.39 is 0 Å². The van der Waals surface area contributed by atoms with E-state index in [0.717, 1.165) is 0 Å². The Hall–Kier alpha value is -0.450. The first-order chi connectivity index (χ1) is 5.24. The summed E-state index contributed by atoms with van der Waals surface area (Å²) in [6.45, 7) is 0.0963. The largest absolute Gasteiger partial charge is 0.300 e. The fourth-order valence-corrected chi connectivity index (χ4v) is 1.06. The summed E-state index contributed by atoms with van der Waals surface area (Å²) in [6.07, 6.45) is 0. The first-order valence-corrected chi connectivity index (χ1v) is 3.79. The molecule has 0 saturated heterocycles. The summed E-state index contributed by atoms with van der Waals surface area (Å²) in [6, 6.07) is 4.72. The molecule has 0 heterocycles. The molecule has 0 radical (unpaired) electrons. The van der Waals surface area contributed by atoms with Crippen LogP contribution in [0.3, 0.4) is 0 Å². The molecule has 0 atom stereocenters. The summed E-state index contributed by atoms with van der Waals surface area (Å²) in [5.74, 6) is 4.47. The zero-order valence-corrected chi connectivity index (χ0v) is 7.27. The molecular formula is C7H7BrFNO. The monoisotopic (exact) mass is 219 g/mol. The summed E-state index contributed by atoms with van der Waals surface area (Å²) in [5, 5.41) is 0. The molecule has 0 aliphatic heterocycles. The predicted molar refractivity (Wildman–Crippen MR) is 43.1 cm³/mol. The van der Waals surface area contributed by atoms with Gasteiger partial charge in [-0.3, -0.25) is 4.84 Å². The molecule has 0 amide bonds. The van der Waals surface area contributed by atoms with Crippen LogP contribution in [-0.2, 0) is 11.4 Å². The highest BCUT2D eigenvalue weighted by atomic mass is 79.9. The third-order valence-corrected chi connectivity index (χ3v) is 1.75. The van der Waals surface area contributed by atoms with E-state index in [1.54, 1.807) is 12.1 Å². The molecule has 0 unspecified atom stereocenters. The maximum atomic E-state index is 12.9. The second kappa shape index (κ2) is 3.80. The smallest absolute Gasteiger partial charge is 0.129 e. The van der Waals surface area contributed by atoms with Crippen molar-refractivity contribution >= 4 is 15.9 Å². The Labute approximate surface area is 72.2 Å². The second-order valence-corrected chi connectivity index (χ2v) is 2.96. The van der Waals surface area contributed by atoms with Gasteiger partial charge in [0.1, 0.15) is 5.82 Å². The molecule has 1 aromatic carbocycles. The average Bonchev–Trinajstić information content (AvgIpc) is 1.95. The van der Waals surface area contributed by atoms with Crippen LogP contribution in [0.2, 0.25) is 0 Å². The van der Waals surface area contributed by atoms with Crippen LogP contribution in [0.15, 0.2) is 22.7 Å². The van der Waals surface area contributed by atoms with Crippen LogP contribution in [0.5, 0.6) is 0 Å². The summed E-state index contributed by atoms with van der Waals surface area (Å²) in [5.41, 5.74) is 0.454. The van der Waals surface area contributed by atoms with Crippen LogP contribution < -0.4 is 5.90 Å². The molecule has 2 nitrogen and oxygen atoms in total. The Bertz CT molecular complexity index is 254. The predicted octanol–water partition coefficient (Wildman–Crippen LogP) is 1.98. The molecule has 11 heavy (non-hydrogen) atoms. The molecule has 0 aliphatic rings. The number of rotatable bonds is 2. The van der Waals surface area contributed by atoms with Crippen LogP contribution in [0.1, 0.15) is 5.56 Å². The van der Waals surface area contributed by atoms with E-state index in [1.165, 1.54) is 6.07 Å². The van der Waals surface area contributed by atoms with Gasteiger partial charge >= 0.3 is 0 Å². The van der Waals surface area contributed by atoms with Crippen molar-refractivity contribution in [2.24, 2.45) is 5.90 Å². The lowest BCUT2D eigenvalue weighted by molar-refractivity contribution is 0.121. The minimum atomic E-state index is -0.315. The van der Waals surface area contributed by atoms with Crippen LogP contribution in [-0.4, -0.2) is 0 Å². The lowest BCUT2D eigenvalue weighted by Crippen LogP contribution is -2.00. The molecule has 1 rings (SSSR count). The highest BCUT2D eigenvalue weighted by Crippen LogP contribution is 2.15. The van der Waals surface area contributed by atoms with Gasteiger partial charge in [-0.15, -0.1) is 0 Å². The molecule has 1 aromatic rings. The van der Waals surface area contributed by atoms with Crippen molar-refractivity contribution in [3.05, 3.63) is 34.1 Å². The summed E-state index contributed by atoms with van der Waals surface area (Å²) in [7, 11) is 0. The molecule has 0 bridgehead atoms. The second-order valence-electron chi connectivity index (χ2n) is 2.05. The fraction of sp³-hybridized carbons (Fsp3) is 0.143. The van der Waals surface area contributed by atoms with Crippen LogP contribution in [0, 0.1) is 5.82 Å². The van der Waals surface area contributed by atoms with Crippen molar-refractivity contribution in [2.45, 2.75) is 6.61 Å². The zero-order chi connectivity index (χ0) is 8.27. The van der Waals surface area contributed by atoms with Crippen LogP contribution in [0.25, 0.3) is 0 Å². The van der Waals surface area contributed by atoms with E-state index >= 15 is 0 Å². The number of hydrogen-bond donors (Lipinski definition) is 1. The lowest BCUT2D eigenvalue weighted by Gasteiger charge is -2.00. The summed E-state index contributed by atoms with van der Waals surface area (Å²) in [4.78, 5) is 4.29. The van der Waals surface area contributed by atoms with Crippen molar-refractivity contribution in [1.82, 2.24) is 0 Å². The van der Waals surface area contributed by atoms with Crippen LogP contribution >= 0.6 is 15.9 Å². The molecule has 0 saturated carbocycles. The van der Waals surface area contributed by atoms with Gasteiger partial charge in [-0.2, -0.15) is 0 Å². The van der Waals surface area contributed by atoms with E-state index in [9.17, 15) is 4.39 Å². The lowest BCUT2D eigenvalue weighted by atomic mass is 10.2. The normalized spacial score (nSPS) is 10.1. The number of halogens is 2. The Morgan fingerprint density at radius 1 is 1.55 bits per heavy atom. The maximum Gasteiger partial charge on any atom is 0.129 e. The van der Waals surface area contributed by atoms with Gasteiger partial charge in [0.2, 0.25) is 0 Å². The van der Waals surface area contributed by atoms with E-state index in [-0.39, 0.29) is 12.4 Å². The zero-order valence-electron chi connectivity index (χ0n) is 5.68. The highest BCUT2D eigenvalue weighted by Gasteiger charge is 2.00. The Balaban J connectivity index is 2.90. The van der Waals surface area contributed by atoms with Crippen molar-refractivity contribution in [3.63, 3.8) is 0 Å². The molecule has 60 valence electrons. The van der Waals surface area contributed by atoms with Crippen LogP contribution in [0.4, 0.5) is 4.39 Å². The topological polar surface area (TPSA) is 35.2 Å². The van der Waals surface area contributed by atoms with Gasteiger partial charge in [0, 0.05) is 10.0 Å². The van der Waals surface area contributed by atoms with Gasteiger partial charge in [0.25, 0.3) is 0 Å². The quantitative estimate of drug-likeness (QED) is 0.773. The van der Waals surface area contributed by atoms with Gasteiger partial charge in [0.15, 0.2) is 0 Å². The van der Waals surface area contributed by atoms with E-state index in [0.29, 0.717) is 10.0 Å². The minimum absolute atomic E-state index is 0.0963. The van der Waals surface area contributed by atoms with E-state index in [2.05, 4.69) is 20.8 Å². The van der Waals surface area contributed by atoms with Crippen molar-refractivity contribution < 1.29 is 9.23 Å². The molecule has 0 spiro atoms. The Kier molecular flexibility index (Phi) is 2.99. The first kappa shape index (κ1) is 8.64. The average molecular weight is 220 g/mol. The Morgan fingerprint density at radius 3 is 2.82 bits per heavy atom. The first-order valence-electron chi connectivity index (χ1n) is 2.99. The van der Waals surface area contributed by atoms with Gasteiger partial charge < -0.3 is 0 Å². The summed E-state index contributed by atoms with van der Waals surface area (Å²) < 4.78 is 13.6. The minimum Gasteiger partial charge on any atom is -0.300 e. The third-order valence-electron chi connectivity index (χ3n) is 1.25. The fourth-order valence-electron chi connectivity index (χ4n) is 0.729. The van der Waals surface area contributed by atoms with Crippen molar-refractivity contribution in [1.29, 1.82) is 0 Å². The molecular weight excluding hydrogens is 213 g/mol. The highest BCUT2D eigenvalue weighted by molar-refractivity contribution is 9.10. The SMILES string of the molecule is NOCc1ccc(Br)cc1F. The number of benzene rings is 1. The van der Waals surface area contributed by atoms with Gasteiger partial charge in [-0.05, 0) is 12.1 Å². The molecule has 0 aliphatic carbocycles. The number of hydrogen-bond acceptors (Lipinski definition) is 2. The third kappa shape index (κ3) is 2.25. The summed E-state index contributed by atoms with van der Waals surface area (Å²) >= 11 is 3.14. The molecule has 0 aromatic heterocycles. The van der Waals surface area contributed by atoms with E-state index in [4.69, 9.17) is 5.90 Å². The van der Waals surface area contributed by atoms with Crippen molar-refractivity contribution in [2.75, 3.05) is 0 Å². The van der Waals surface area contributed by atoms with Crippen molar-refractivity contribution in [3.8, 4) is 0 Å².